The van der Waals surface area contributed by atoms with Gasteiger partial charge in [0.1, 0.15) is 0 Å². The Kier molecular flexibility index (Phi) is 4.13. The first-order valence-corrected chi connectivity index (χ1v) is 5.34. The fraction of sp³-hybridized carbons (Fsp3) is 0.600. The van der Waals surface area contributed by atoms with Gasteiger partial charge in [0.25, 0.3) is 0 Å². The molecule has 2 unspecified atom stereocenters. The zero-order chi connectivity index (χ0) is 12.3. The number of rotatable bonds is 3. The van der Waals surface area contributed by atoms with Gasteiger partial charge in [0.15, 0.2) is 5.69 Å². The Hall–Kier alpha value is -0.840. The summed E-state index contributed by atoms with van der Waals surface area (Å²) in [5, 5.41) is 6.57. The van der Waals surface area contributed by atoms with Gasteiger partial charge in [-0.2, -0.15) is 18.3 Å². The van der Waals surface area contributed by atoms with Crippen LogP contribution < -0.4 is 0 Å². The van der Waals surface area contributed by atoms with Gasteiger partial charge in [0.2, 0.25) is 0 Å². The van der Waals surface area contributed by atoms with E-state index in [4.69, 9.17) is 11.6 Å². The monoisotopic (exact) mass is 252 g/mol. The lowest BCUT2D eigenvalue weighted by Crippen LogP contribution is -2.14. The summed E-state index contributed by atoms with van der Waals surface area (Å²) in [7, 11) is 0. The molecule has 0 fully saturated rings. The lowest BCUT2D eigenvalue weighted by atomic mass is 9.99. The number of alkyl halides is 4. The van der Waals surface area contributed by atoms with Crippen molar-refractivity contribution in [1.82, 2.24) is 10.2 Å². The highest BCUT2D eigenvalue weighted by molar-refractivity contribution is 6.20. The van der Waals surface area contributed by atoms with Crippen molar-refractivity contribution >= 4 is 11.6 Å². The maximum atomic E-state index is 12.2. The first kappa shape index (κ1) is 13.2. The SMILES string of the molecule is CCC(c1ccc(C(F)(F)F)nn1)C(C)Cl. The molecule has 0 saturated carbocycles. The molecule has 0 spiro atoms. The van der Waals surface area contributed by atoms with Crippen LogP contribution in [-0.2, 0) is 6.18 Å². The van der Waals surface area contributed by atoms with Crippen LogP contribution in [0.4, 0.5) is 13.2 Å². The van der Waals surface area contributed by atoms with Crippen LogP contribution in [0.5, 0.6) is 0 Å². The third kappa shape index (κ3) is 3.07. The number of hydrogen-bond acceptors (Lipinski definition) is 2. The fourth-order valence-corrected chi connectivity index (χ4v) is 1.77. The quantitative estimate of drug-likeness (QED) is 0.768. The number of nitrogens with zero attached hydrogens (tertiary/aromatic N) is 2. The van der Waals surface area contributed by atoms with E-state index in [-0.39, 0.29) is 11.3 Å². The van der Waals surface area contributed by atoms with E-state index in [1.165, 1.54) is 6.07 Å². The van der Waals surface area contributed by atoms with E-state index in [0.29, 0.717) is 12.1 Å². The van der Waals surface area contributed by atoms with Crippen molar-refractivity contribution in [2.24, 2.45) is 0 Å². The number of halogens is 4. The summed E-state index contributed by atoms with van der Waals surface area (Å²) < 4.78 is 36.7. The Balaban J connectivity index is 2.94. The second-order valence-electron chi connectivity index (χ2n) is 3.53. The second-order valence-corrected chi connectivity index (χ2v) is 4.22. The van der Waals surface area contributed by atoms with E-state index < -0.39 is 11.9 Å². The molecular formula is C10H12ClF3N2. The van der Waals surface area contributed by atoms with Gasteiger partial charge in [-0.15, -0.1) is 16.7 Å². The molecule has 0 aliphatic heterocycles. The smallest absolute Gasteiger partial charge is 0.164 e. The molecule has 2 nitrogen and oxygen atoms in total. The summed E-state index contributed by atoms with van der Waals surface area (Å²) in [4.78, 5) is 0. The van der Waals surface area contributed by atoms with Crippen molar-refractivity contribution in [1.29, 1.82) is 0 Å². The summed E-state index contributed by atoms with van der Waals surface area (Å²) in [6.07, 6.45) is -3.73. The Morgan fingerprint density at radius 2 is 1.94 bits per heavy atom. The van der Waals surface area contributed by atoms with Gasteiger partial charge in [-0.25, -0.2) is 0 Å². The van der Waals surface area contributed by atoms with Crippen LogP contribution in [0.25, 0.3) is 0 Å². The normalized spacial score (nSPS) is 15.9. The van der Waals surface area contributed by atoms with Crippen LogP contribution >= 0.6 is 11.6 Å². The average Bonchev–Trinajstić information content (AvgIpc) is 2.17. The number of aromatic nitrogens is 2. The van der Waals surface area contributed by atoms with Gasteiger partial charge in [-0.1, -0.05) is 6.92 Å². The van der Waals surface area contributed by atoms with Crippen LogP contribution in [0.2, 0.25) is 0 Å². The highest BCUT2D eigenvalue weighted by Crippen LogP contribution is 2.29. The van der Waals surface area contributed by atoms with Gasteiger partial charge in [-0.05, 0) is 25.5 Å². The van der Waals surface area contributed by atoms with Gasteiger partial charge in [0, 0.05) is 11.3 Å². The van der Waals surface area contributed by atoms with Gasteiger partial charge in [-0.3, -0.25) is 0 Å². The molecule has 0 N–H and O–H groups in total. The molecule has 1 heterocycles. The van der Waals surface area contributed by atoms with Crippen molar-refractivity contribution in [3.05, 3.63) is 23.5 Å². The van der Waals surface area contributed by atoms with Crippen LogP contribution in [0, 0.1) is 0 Å². The zero-order valence-corrected chi connectivity index (χ0v) is 9.68. The van der Waals surface area contributed by atoms with Crippen molar-refractivity contribution in [2.45, 2.75) is 37.7 Å². The molecule has 0 radical (unpaired) electrons. The Morgan fingerprint density at radius 1 is 1.31 bits per heavy atom. The molecule has 0 aliphatic rings. The highest BCUT2D eigenvalue weighted by Gasteiger charge is 2.33. The summed E-state index contributed by atoms with van der Waals surface area (Å²) in [6, 6.07) is 2.27. The molecular weight excluding hydrogens is 241 g/mol. The first-order chi connectivity index (χ1) is 7.36. The summed E-state index contributed by atoms with van der Waals surface area (Å²) in [5.41, 5.74) is -0.480. The average molecular weight is 253 g/mol. The largest absolute Gasteiger partial charge is 0.435 e. The number of hydrogen-bond donors (Lipinski definition) is 0. The topological polar surface area (TPSA) is 25.8 Å². The lowest BCUT2D eigenvalue weighted by Gasteiger charge is -2.16. The van der Waals surface area contributed by atoms with Crippen LogP contribution in [0.1, 0.15) is 37.6 Å². The Bertz CT molecular complexity index is 335. The molecule has 0 amide bonds. The van der Waals surface area contributed by atoms with E-state index >= 15 is 0 Å². The second kappa shape index (κ2) is 4.99. The molecule has 16 heavy (non-hydrogen) atoms. The molecule has 0 aromatic carbocycles. The third-order valence-electron chi connectivity index (χ3n) is 2.35. The summed E-state index contributed by atoms with van der Waals surface area (Å²) in [6.45, 7) is 3.69. The minimum Gasteiger partial charge on any atom is -0.164 e. The molecule has 2 atom stereocenters. The van der Waals surface area contributed by atoms with E-state index in [0.717, 1.165) is 6.07 Å². The summed E-state index contributed by atoms with van der Waals surface area (Å²) in [5.74, 6) is -0.0727. The van der Waals surface area contributed by atoms with Crippen molar-refractivity contribution < 1.29 is 13.2 Å². The molecule has 0 bridgehead atoms. The fourth-order valence-electron chi connectivity index (χ4n) is 1.46. The van der Waals surface area contributed by atoms with Crippen molar-refractivity contribution in [3.63, 3.8) is 0 Å². The molecule has 1 aromatic rings. The molecule has 6 heteroatoms. The van der Waals surface area contributed by atoms with Gasteiger partial charge >= 0.3 is 6.18 Å². The van der Waals surface area contributed by atoms with E-state index in [2.05, 4.69) is 10.2 Å². The molecule has 0 aliphatic carbocycles. The van der Waals surface area contributed by atoms with Gasteiger partial charge in [0.05, 0.1) is 5.69 Å². The lowest BCUT2D eigenvalue weighted by molar-refractivity contribution is -0.141. The third-order valence-corrected chi connectivity index (χ3v) is 2.65. The minimum absolute atomic E-state index is 0.0727. The van der Waals surface area contributed by atoms with E-state index in [9.17, 15) is 13.2 Å². The molecule has 90 valence electrons. The zero-order valence-electron chi connectivity index (χ0n) is 8.92. The van der Waals surface area contributed by atoms with Gasteiger partial charge < -0.3 is 0 Å². The molecule has 0 saturated heterocycles. The summed E-state index contributed by atoms with van der Waals surface area (Å²) >= 11 is 5.92. The van der Waals surface area contributed by atoms with Crippen LogP contribution in [0.15, 0.2) is 12.1 Å². The van der Waals surface area contributed by atoms with E-state index in [1.807, 2.05) is 6.92 Å². The predicted molar refractivity (Wildman–Crippen MR) is 55.4 cm³/mol. The maximum absolute atomic E-state index is 12.2. The van der Waals surface area contributed by atoms with Crippen LogP contribution in [0.3, 0.4) is 0 Å². The van der Waals surface area contributed by atoms with Crippen molar-refractivity contribution in [3.8, 4) is 0 Å². The predicted octanol–water partition coefficient (Wildman–Crippen LogP) is 3.62. The molecule has 1 rings (SSSR count). The Morgan fingerprint density at radius 3 is 2.25 bits per heavy atom. The first-order valence-electron chi connectivity index (χ1n) is 4.91. The van der Waals surface area contributed by atoms with Crippen molar-refractivity contribution in [2.75, 3.05) is 0 Å². The Labute approximate surface area is 96.8 Å². The maximum Gasteiger partial charge on any atom is 0.435 e. The standard InChI is InChI=1S/C10H12ClF3N2/c1-3-7(6(2)11)8-4-5-9(16-15-8)10(12,13)14/h4-7H,3H2,1-2H3. The van der Waals surface area contributed by atoms with Crippen LogP contribution in [-0.4, -0.2) is 15.6 Å². The minimum atomic E-state index is -4.44. The molecule has 1 aromatic heterocycles. The van der Waals surface area contributed by atoms with E-state index in [1.54, 1.807) is 6.92 Å². The highest BCUT2D eigenvalue weighted by atomic mass is 35.5.